The molecular formula is C15H12N2O2S2. The lowest BCUT2D eigenvalue weighted by molar-refractivity contribution is 0.415. The van der Waals surface area contributed by atoms with Gasteiger partial charge in [-0.25, -0.2) is 0 Å². The maximum absolute atomic E-state index is 9.62. The lowest BCUT2D eigenvalue weighted by atomic mass is 10.1. The number of H-pyrrole nitrogens is 1. The highest BCUT2D eigenvalue weighted by Gasteiger charge is 2.12. The summed E-state index contributed by atoms with van der Waals surface area (Å²) in [6.45, 7) is 0. The first-order valence-corrected chi connectivity index (χ1v) is 7.43. The fraction of sp³-hybridized carbons (Fsp3) is 0.0667. The number of nitrogens with zero attached hydrogens (tertiary/aromatic N) is 1. The highest BCUT2D eigenvalue weighted by atomic mass is 32.1. The first-order valence-electron chi connectivity index (χ1n) is 6.20. The van der Waals surface area contributed by atoms with Gasteiger partial charge in [0.25, 0.3) is 0 Å². The molecule has 4 nitrogen and oxygen atoms in total. The van der Waals surface area contributed by atoms with E-state index in [-0.39, 0.29) is 5.88 Å². The minimum absolute atomic E-state index is 0.0989. The summed E-state index contributed by atoms with van der Waals surface area (Å²) in [6.07, 6.45) is 7.43. The summed E-state index contributed by atoms with van der Waals surface area (Å²) in [7, 11) is 1.64. The third-order valence-electron chi connectivity index (χ3n) is 3.04. The molecule has 1 aliphatic heterocycles. The fourth-order valence-corrected chi connectivity index (χ4v) is 3.02. The Labute approximate surface area is 130 Å². The van der Waals surface area contributed by atoms with Crippen LogP contribution in [0.15, 0.2) is 35.3 Å². The minimum atomic E-state index is 0.0989. The molecule has 0 bridgehead atoms. The number of aromatic hydroxyl groups is 1. The zero-order valence-corrected chi connectivity index (χ0v) is 12.8. The van der Waals surface area contributed by atoms with Gasteiger partial charge in [-0.2, -0.15) is 0 Å². The van der Waals surface area contributed by atoms with E-state index in [1.807, 2.05) is 42.6 Å². The molecule has 0 saturated carbocycles. The molecule has 0 amide bonds. The summed E-state index contributed by atoms with van der Waals surface area (Å²) >= 11 is 6.30. The molecule has 2 heterocycles. The van der Waals surface area contributed by atoms with E-state index in [0.717, 1.165) is 22.6 Å². The molecule has 3 rings (SSSR count). The summed E-state index contributed by atoms with van der Waals surface area (Å²) in [6, 6.07) is 5.78. The van der Waals surface area contributed by atoms with E-state index < -0.39 is 0 Å². The fourth-order valence-electron chi connectivity index (χ4n) is 2.01. The van der Waals surface area contributed by atoms with Crippen molar-refractivity contribution in [2.24, 2.45) is 4.99 Å². The summed E-state index contributed by atoms with van der Waals surface area (Å²) < 4.78 is 5.79. The monoisotopic (exact) mass is 316 g/mol. The zero-order valence-electron chi connectivity index (χ0n) is 11.2. The van der Waals surface area contributed by atoms with Gasteiger partial charge in [-0.15, -0.1) is 11.3 Å². The maximum atomic E-state index is 9.62. The van der Waals surface area contributed by atoms with E-state index in [0.29, 0.717) is 8.83 Å². The maximum Gasteiger partial charge on any atom is 0.207 e. The van der Waals surface area contributed by atoms with Gasteiger partial charge in [-0.3, -0.25) is 4.99 Å². The Bertz CT molecular complexity index is 828. The van der Waals surface area contributed by atoms with Crippen molar-refractivity contribution >= 4 is 47.1 Å². The van der Waals surface area contributed by atoms with Crippen LogP contribution in [-0.2, 0) is 0 Å². The molecule has 0 aliphatic carbocycles. The highest BCUT2D eigenvalue weighted by molar-refractivity contribution is 7.73. The average molecular weight is 316 g/mol. The number of nitrogens with one attached hydrogen (secondary N) is 1. The number of methoxy groups -OCH3 is 1. The first kappa shape index (κ1) is 13.8. The van der Waals surface area contributed by atoms with Gasteiger partial charge in [-0.05, 0) is 36.5 Å². The number of ether oxygens (including phenoxy) is 1. The van der Waals surface area contributed by atoms with Crippen LogP contribution in [0.3, 0.4) is 0 Å². The molecular weight excluding hydrogens is 304 g/mol. The molecule has 0 unspecified atom stereocenters. The molecule has 106 valence electrons. The van der Waals surface area contributed by atoms with Crippen LogP contribution in [-0.4, -0.2) is 23.4 Å². The second-order valence-corrected chi connectivity index (χ2v) is 6.07. The Morgan fingerprint density at radius 2 is 2.29 bits per heavy atom. The van der Waals surface area contributed by atoms with E-state index in [4.69, 9.17) is 17.0 Å². The molecule has 0 atom stereocenters. The van der Waals surface area contributed by atoms with Crippen LogP contribution in [0.25, 0.3) is 11.6 Å². The van der Waals surface area contributed by atoms with E-state index in [1.165, 1.54) is 11.3 Å². The highest BCUT2D eigenvalue weighted by Crippen LogP contribution is 2.34. The van der Waals surface area contributed by atoms with Crippen molar-refractivity contribution in [3.8, 4) is 11.6 Å². The van der Waals surface area contributed by atoms with Crippen LogP contribution in [0, 0.1) is 3.95 Å². The summed E-state index contributed by atoms with van der Waals surface area (Å²) in [5.41, 5.74) is 2.96. The SMILES string of the molecule is COc1ccc2c(c1)C(=CC=Cc1sc(=S)[nH]c1O)C=N2. The molecule has 0 saturated heterocycles. The van der Waals surface area contributed by atoms with Gasteiger partial charge in [0.05, 0.1) is 17.7 Å². The predicted molar refractivity (Wildman–Crippen MR) is 89.3 cm³/mol. The number of aliphatic imine (C=N–C) groups is 1. The van der Waals surface area contributed by atoms with Crippen molar-refractivity contribution in [1.82, 2.24) is 4.98 Å². The molecule has 0 spiro atoms. The molecule has 21 heavy (non-hydrogen) atoms. The number of benzene rings is 1. The van der Waals surface area contributed by atoms with E-state index in [2.05, 4.69) is 9.98 Å². The molecule has 2 aromatic rings. The smallest absolute Gasteiger partial charge is 0.207 e. The summed E-state index contributed by atoms with van der Waals surface area (Å²) in [5, 5.41) is 9.62. The van der Waals surface area contributed by atoms with Crippen molar-refractivity contribution in [1.29, 1.82) is 0 Å². The van der Waals surface area contributed by atoms with Crippen LogP contribution in [0.2, 0.25) is 0 Å². The van der Waals surface area contributed by atoms with E-state index in [1.54, 1.807) is 7.11 Å². The Kier molecular flexibility index (Phi) is 3.72. The van der Waals surface area contributed by atoms with Gasteiger partial charge in [-0.1, -0.05) is 12.2 Å². The number of hydrogen-bond donors (Lipinski definition) is 2. The molecule has 6 heteroatoms. The van der Waals surface area contributed by atoms with Crippen molar-refractivity contribution in [2.45, 2.75) is 0 Å². The zero-order chi connectivity index (χ0) is 14.8. The predicted octanol–water partition coefficient (Wildman–Crippen LogP) is 4.33. The number of hydrogen-bond acceptors (Lipinski definition) is 5. The summed E-state index contributed by atoms with van der Waals surface area (Å²) in [5.74, 6) is 0.900. The second-order valence-electron chi connectivity index (χ2n) is 4.35. The average Bonchev–Trinajstić information content (AvgIpc) is 3.02. The number of rotatable bonds is 3. The normalized spacial score (nSPS) is 15.0. The third kappa shape index (κ3) is 2.81. The van der Waals surface area contributed by atoms with Crippen LogP contribution in [0.1, 0.15) is 10.4 Å². The van der Waals surface area contributed by atoms with E-state index >= 15 is 0 Å². The van der Waals surface area contributed by atoms with Gasteiger partial charge in [0.15, 0.2) is 3.95 Å². The largest absolute Gasteiger partial charge is 0.497 e. The Hall–Kier alpha value is -2.18. The Balaban J connectivity index is 1.88. The topological polar surface area (TPSA) is 57.6 Å². The molecule has 1 aliphatic rings. The number of aromatic amines is 1. The van der Waals surface area contributed by atoms with Crippen molar-refractivity contribution < 1.29 is 9.84 Å². The van der Waals surface area contributed by atoms with Gasteiger partial charge in [0.2, 0.25) is 5.88 Å². The van der Waals surface area contributed by atoms with Crippen LogP contribution < -0.4 is 4.74 Å². The second kappa shape index (κ2) is 5.67. The number of thiazole rings is 1. The summed E-state index contributed by atoms with van der Waals surface area (Å²) in [4.78, 5) is 7.75. The van der Waals surface area contributed by atoms with Gasteiger partial charge < -0.3 is 14.8 Å². The third-order valence-corrected chi connectivity index (χ3v) is 4.23. The van der Waals surface area contributed by atoms with Gasteiger partial charge >= 0.3 is 0 Å². The van der Waals surface area contributed by atoms with Crippen molar-refractivity contribution in [3.05, 3.63) is 44.7 Å². The molecule has 1 aromatic heterocycles. The number of allylic oxidation sites excluding steroid dienone is 3. The molecule has 0 fully saturated rings. The molecule has 1 aromatic carbocycles. The van der Waals surface area contributed by atoms with E-state index in [9.17, 15) is 5.11 Å². The van der Waals surface area contributed by atoms with Gasteiger partial charge in [0.1, 0.15) is 5.75 Å². The van der Waals surface area contributed by atoms with Crippen molar-refractivity contribution in [3.63, 3.8) is 0 Å². The van der Waals surface area contributed by atoms with Gasteiger partial charge in [0, 0.05) is 17.4 Å². The quantitative estimate of drug-likeness (QED) is 0.829. The number of aromatic nitrogens is 1. The van der Waals surface area contributed by atoms with Crippen LogP contribution in [0.5, 0.6) is 11.6 Å². The van der Waals surface area contributed by atoms with Crippen molar-refractivity contribution in [2.75, 3.05) is 7.11 Å². The van der Waals surface area contributed by atoms with Crippen LogP contribution >= 0.6 is 23.6 Å². The number of fused-ring (bicyclic) bond motifs is 1. The lowest BCUT2D eigenvalue weighted by Crippen LogP contribution is -1.84. The first-order chi connectivity index (χ1) is 10.2. The Morgan fingerprint density at radius 3 is 3.00 bits per heavy atom. The lowest BCUT2D eigenvalue weighted by Gasteiger charge is -2.03. The standard InChI is InChI=1S/C15H12N2O2S2/c1-19-10-5-6-12-11(7-10)9(8-16-12)3-2-4-13-14(18)17-15(20)21-13/h2-8,18H,1H3,(H,17,20). The van der Waals surface area contributed by atoms with Crippen LogP contribution in [0.4, 0.5) is 5.69 Å². The molecule has 0 radical (unpaired) electrons. The minimum Gasteiger partial charge on any atom is -0.497 e. The molecule has 2 N–H and O–H groups in total. The Morgan fingerprint density at radius 1 is 1.43 bits per heavy atom.